The fourth-order valence-electron chi connectivity index (χ4n) is 4.62. The Bertz CT molecular complexity index is 1440. The van der Waals surface area contributed by atoms with Gasteiger partial charge in [0.1, 0.15) is 11.9 Å². The van der Waals surface area contributed by atoms with Crippen molar-refractivity contribution in [2.24, 2.45) is 0 Å². The van der Waals surface area contributed by atoms with Gasteiger partial charge in [-0.2, -0.15) is 0 Å². The average Bonchev–Trinajstić information content (AvgIpc) is 2.99. The molecule has 0 spiro atoms. The van der Waals surface area contributed by atoms with Gasteiger partial charge in [-0.1, -0.05) is 78.4 Å². The van der Waals surface area contributed by atoms with Crippen LogP contribution in [-0.4, -0.2) is 37.0 Å². The number of aryl methyl sites for hydroxylation is 1. The number of halogens is 1. The first-order valence-corrected chi connectivity index (χ1v) is 13.5. The molecular weight excluding hydrogens is 519 g/mol. The van der Waals surface area contributed by atoms with Crippen molar-refractivity contribution < 1.29 is 23.5 Å². The summed E-state index contributed by atoms with van der Waals surface area (Å²) in [6.45, 7) is 2.48. The molecule has 0 bridgehead atoms. The predicted octanol–water partition coefficient (Wildman–Crippen LogP) is 5.65. The van der Waals surface area contributed by atoms with E-state index in [-0.39, 0.29) is 30.6 Å². The van der Waals surface area contributed by atoms with Gasteiger partial charge in [0, 0.05) is 19.5 Å². The second-order valence-electron chi connectivity index (χ2n) is 9.92. The van der Waals surface area contributed by atoms with E-state index in [1.165, 1.54) is 12.1 Å². The van der Waals surface area contributed by atoms with Gasteiger partial charge in [0.25, 0.3) is 0 Å². The van der Waals surface area contributed by atoms with E-state index in [1.54, 1.807) is 49.5 Å². The van der Waals surface area contributed by atoms with Crippen LogP contribution < -0.4 is 14.8 Å². The minimum atomic E-state index is -0.805. The van der Waals surface area contributed by atoms with E-state index in [2.05, 4.69) is 5.32 Å². The third kappa shape index (κ3) is 8.18. The number of benzene rings is 4. The fourth-order valence-corrected chi connectivity index (χ4v) is 4.62. The number of carbonyl (C=O) groups is 2. The van der Waals surface area contributed by atoms with E-state index in [0.29, 0.717) is 24.5 Å². The first kappa shape index (κ1) is 29.3. The minimum Gasteiger partial charge on any atom is -0.493 e. The maximum Gasteiger partial charge on any atom is 0.243 e. The highest BCUT2D eigenvalue weighted by molar-refractivity contribution is 5.89. The summed E-state index contributed by atoms with van der Waals surface area (Å²) in [6.07, 6.45) is 0.359. The van der Waals surface area contributed by atoms with Gasteiger partial charge in [0.2, 0.25) is 11.8 Å². The van der Waals surface area contributed by atoms with Crippen LogP contribution in [-0.2, 0) is 35.5 Å². The third-order valence-corrected chi connectivity index (χ3v) is 6.93. The van der Waals surface area contributed by atoms with Crippen LogP contribution >= 0.6 is 0 Å². The number of hydrogen-bond acceptors (Lipinski definition) is 4. The van der Waals surface area contributed by atoms with Crippen LogP contribution in [0.2, 0.25) is 0 Å². The molecule has 0 aliphatic heterocycles. The van der Waals surface area contributed by atoms with Gasteiger partial charge < -0.3 is 19.7 Å². The first-order valence-electron chi connectivity index (χ1n) is 13.5. The quantitative estimate of drug-likeness (QED) is 0.246. The van der Waals surface area contributed by atoms with E-state index < -0.39 is 6.04 Å². The van der Waals surface area contributed by atoms with Crippen molar-refractivity contribution in [3.8, 4) is 11.5 Å². The maximum absolute atomic E-state index is 14.0. The second kappa shape index (κ2) is 14.1. The summed E-state index contributed by atoms with van der Waals surface area (Å²) in [5, 5.41) is 3.04. The highest BCUT2D eigenvalue weighted by Gasteiger charge is 2.30. The number of ether oxygens (including phenoxy) is 2. The molecule has 0 radical (unpaired) electrons. The van der Waals surface area contributed by atoms with Gasteiger partial charge in [-0.15, -0.1) is 0 Å². The van der Waals surface area contributed by atoms with Crippen LogP contribution in [0.15, 0.2) is 97.1 Å². The van der Waals surface area contributed by atoms with E-state index in [0.717, 1.165) is 27.8 Å². The van der Waals surface area contributed by atoms with Gasteiger partial charge in [0.05, 0.1) is 20.6 Å². The second-order valence-corrected chi connectivity index (χ2v) is 9.92. The zero-order chi connectivity index (χ0) is 29.2. The van der Waals surface area contributed by atoms with E-state index in [1.807, 2.05) is 61.5 Å². The van der Waals surface area contributed by atoms with E-state index in [9.17, 15) is 14.0 Å². The van der Waals surface area contributed by atoms with E-state index in [4.69, 9.17) is 9.47 Å². The standard InChI is InChI=1S/C34H35FN2O4/c1-24-9-11-26(12-10-24)22-36-34(39)30(19-25-7-5-4-6-8-25)37(23-27-13-16-29(35)17-14-27)33(38)21-28-15-18-31(40-2)32(20-28)41-3/h4-18,20,30H,19,21-23H2,1-3H3,(H,36,39)/t30-/m0/s1. The molecule has 6 nitrogen and oxygen atoms in total. The Morgan fingerprint density at radius 1 is 0.780 bits per heavy atom. The van der Waals surface area contributed by atoms with Crippen LogP contribution in [0.5, 0.6) is 11.5 Å². The lowest BCUT2D eigenvalue weighted by molar-refractivity contribution is -0.140. The van der Waals surface area contributed by atoms with Crippen LogP contribution in [0.4, 0.5) is 4.39 Å². The average molecular weight is 555 g/mol. The van der Waals surface area contributed by atoms with Crippen LogP contribution in [0.1, 0.15) is 27.8 Å². The largest absolute Gasteiger partial charge is 0.493 e. The molecule has 0 saturated heterocycles. The van der Waals surface area contributed by atoms with E-state index >= 15 is 0 Å². The molecule has 0 aliphatic carbocycles. The molecular formula is C34H35FN2O4. The zero-order valence-corrected chi connectivity index (χ0v) is 23.6. The van der Waals surface area contributed by atoms with Crippen molar-refractivity contribution in [3.63, 3.8) is 0 Å². The van der Waals surface area contributed by atoms with Crippen molar-refractivity contribution in [2.45, 2.75) is 38.9 Å². The van der Waals surface area contributed by atoms with Crippen molar-refractivity contribution in [1.29, 1.82) is 0 Å². The molecule has 0 saturated carbocycles. The molecule has 0 fully saturated rings. The number of amides is 2. The summed E-state index contributed by atoms with van der Waals surface area (Å²) in [5.74, 6) is 0.197. The summed E-state index contributed by atoms with van der Waals surface area (Å²) in [6, 6.07) is 28.0. The topological polar surface area (TPSA) is 67.9 Å². The molecule has 7 heteroatoms. The Morgan fingerprint density at radius 2 is 1.41 bits per heavy atom. The van der Waals surface area contributed by atoms with Gasteiger partial charge in [-0.25, -0.2) is 4.39 Å². The van der Waals surface area contributed by atoms with Gasteiger partial charge in [0.15, 0.2) is 11.5 Å². The van der Waals surface area contributed by atoms with Crippen LogP contribution in [0, 0.1) is 12.7 Å². The molecule has 0 heterocycles. The summed E-state index contributed by atoms with van der Waals surface area (Å²) < 4.78 is 24.5. The van der Waals surface area contributed by atoms with Gasteiger partial charge >= 0.3 is 0 Å². The fraction of sp³-hybridized carbons (Fsp3) is 0.235. The summed E-state index contributed by atoms with van der Waals surface area (Å²) in [4.78, 5) is 29.4. The molecule has 1 atom stereocenters. The molecule has 0 unspecified atom stereocenters. The number of carbonyl (C=O) groups excluding carboxylic acids is 2. The summed E-state index contributed by atoms with van der Waals surface area (Å²) in [5.41, 5.74) is 4.45. The van der Waals surface area contributed by atoms with Gasteiger partial charge in [-0.05, 0) is 53.4 Å². The number of rotatable bonds is 12. The molecule has 41 heavy (non-hydrogen) atoms. The highest BCUT2D eigenvalue weighted by Crippen LogP contribution is 2.28. The number of methoxy groups -OCH3 is 2. The Kier molecular flexibility index (Phi) is 10.1. The maximum atomic E-state index is 14.0. The molecule has 212 valence electrons. The van der Waals surface area contributed by atoms with Crippen LogP contribution in [0.25, 0.3) is 0 Å². The van der Waals surface area contributed by atoms with Crippen molar-refractivity contribution in [1.82, 2.24) is 10.2 Å². The highest BCUT2D eigenvalue weighted by atomic mass is 19.1. The number of hydrogen-bond donors (Lipinski definition) is 1. The lowest BCUT2D eigenvalue weighted by Crippen LogP contribution is -2.50. The lowest BCUT2D eigenvalue weighted by atomic mass is 10.0. The lowest BCUT2D eigenvalue weighted by Gasteiger charge is -2.32. The minimum absolute atomic E-state index is 0.0398. The normalized spacial score (nSPS) is 11.4. The van der Waals surface area contributed by atoms with Gasteiger partial charge in [-0.3, -0.25) is 9.59 Å². The smallest absolute Gasteiger partial charge is 0.243 e. The Morgan fingerprint density at radius 3 is 2.07 bits per heavy atom. The molecule has 0 aliphatic rings. The Balaban J connectivity index is 1.66. The van der Waals surface area contributed by atoms with Crippen molar-refractivity contribution in [2.75, 3.05) is 14.2 Å². The Hall–Kier alpha value is -4.65. The monoisotopic (exact) mass is 554 g/mol. The molecule has 4 aromatic carbocycles. The molecule has 2 amide bonds. The molecule has 4 rings (SSSR count). The Labute approximate surface area is 240 Å². The number of nitrogens with zero attached hydrogens (tertiary/aromatic N) is 1. The molecule has 1 N–H and O–H groups in total. The van der Waals surface area contributed by atoms with Crippen molar-refractivity contribution in [3.05, 3.63) is 131 Å². The van der Waals surface area contributed by atoms with Crippen LogP contribution in [0.3, 0.4) is 0 Å². The first-order chi connectivity index (χ1) is 19.9. The molecule has 4 aromatic rings. The predicted molar refractivity (Wildman–Crippen MR) is 157 cm³/mol. The number of nitrogens with one attached hydrogen (secondary N) is 1. The zero-order valence-electron chi connectivity index (χ0n) is 23.6. The SMILES string of the molecule is COc1ccc(CC(=O)N(Cc2ccc(F)cc2)[C@@H](Cc2ccccc2)C(=O)NCc2ccc(C)cc2)cc1OC. The summed E-state index contributed by atoms with van der Waals surface area (Å²) >= 11 is 0. The molecule has 0 aromatic heterocycles. The third-order valence-electron chi connectivity index (χ3n) is 6.93. The summed E-state index contributed by atoms with van der Waals surface area (Å²) in [7, 11) is 3.09. The van der Waals surface area contributed by atoms with Crippen molar-refractivity contribution >= 4 is 11.8 Å².